The second-order valence-electron chi connectivity index (χ2n) is 4.52. The van der Waals surface area contributed by atoms with E-state index in [0.717, 1.165) is 24.6 Å². The smallest absolute Gasteiger partial charge is 0.313 e. The first-order valence-corrected chi connectivity index (χ1v) is 7.36. The summed E-state index contributed by atoms with van der Waals surface area (Å²) in [6, 6.07) is 4.91. The van der Waals surface area contributed by atoms with Crippen LogP contribution in [0.5, 0.6) is 0 Å². The normalized spacial score (nSPS) is 13.8. The number of hydrogen-bond acceptors (Lipinski definition) is 4. The summed E-state index contributed by atoms with van der Waals surface area (Å²) >= 11 is 0.972. The minimum absolute atomic E-state index is 0.0243. The molecule has 0 aliphatic heterocycles. The Balaban J connectivity index is 1.96. The van der Waals surface area contributed by atoms with Crippen molar-refractivity contribution < 1.29 is 19.1 Å². The van der Waals surface area contributed by atoms with Crippen LogP contribution in [0.2, 0.25) is 0 Å². The Hall–Kier alpha value is -1.76. The Kier molecular flexibility index (Phi) is 4.84. The van der Waals surface area contributed by atoms with E-state index in [2.05, 4.69) is 10.6 Å². The molecule has 0 heterocycles. The molecule has 0 spiro atoms. The van der Waals surface area contributed by atoms with Gasteiger partial charge in [-0.1, -0.05) is 6.07 Å². The number of thioether (sulfide) groups is 1. The first-order valence-electron chi connectivity index (χ1n) is 6.20. The van der Waals surface area contributed by atoms with Gasteiger partial charge in [0.1, 0.15) is 11.5 Å². The van der Waals surface area contributed by atoms with Crippen molar-refractivity contribution in [2.45, 2.75) is 18.9 Å². The van der Waals surface area contributed by atoms with Gasteiger partial charge in [0.15, 0.2) is 0 Å². The summed E-state index contributed by atoms with van der Waals surface area (Å²) in [6.45, 7) is 0. The molecule has 0 atom stereocenters. The molecular formula is C13H15FN2O3S. The van der Waals surface area contributed by atoms with Crippen molar-refractivity contribution in [1.82, 2.24) is 0 Å². The number of para-hydroxylation sites is 1. The molecule has 1 saturated carbocycles. The van der Waals surface area contributed by atoms with Crippen LogP contribution >= 0.6 is 11.8 Å². The lowest BCUT2D eigenvalue weighted by Crippen LogP contribution is -2.18. The van der Waals surface area contributed by atoms with Crippen molar-refractivity contribution >= 4 is 35.0 Å². The minimum Gasteiger partial charge on any atom is -0.481 e. The van der Waals surface area contributed by atoms with Gasteiger partial charge in [0.05, 0.1) is 17.2 Å². The number of nitrogens with one attached hydrogen (secondary N) is 2. The van der Waals surface area contributed by atoms with E-state index in [1.165, 1.54) is 6.07 Å². The van der Waals surface area contributed by atoms with Gasteiger partial charge in [0, 0.05) is 6.04 Å². The molecule has 0 aromatic heterocycles. The lowest BCUT2D eigenvalue weighted by molar-refractivity contribution is -0.133. The largest absolute Gasteiger partial charge is 0.481 e. The number of rotatable bonds is 7. The first kappa shape index (κ1) is 14.6. The van der Waals surface area contributed by atoms with Gasteiger partial charge in [-0.3, -0.25) is 9.59 Å². The molecule has 1 aliphatic rings. The SMILES string of the molecule is O=C(O)CSCC(=O)Nc1c(F)cccc1NC1CC1. The van der Waals surface area contributed by atoms with Crippen molar-refractivity contribution in [1.29, 1.82) is 0 Å². The molecule has 0 bridgehead atoms. The molecule has 7 heteroatoms. The number of anilines is 2. The summed E-state index contributed by atoms with van der Waals surface area (Å²) in [5.74, 6) is -2.08. The molecule has 108 valence electrons. The van der Waals surface area contributed by atoms with E-state index in [1.54, 1.807) is 12.1 Å². The third kappa shape index (κ3) is 4.41. The molecule has 0 unspecified atom stereocenters. The number of carboxylic acid groups (broad SMARTS) is 1. The van der Waals surface area contributed by atoms with E-state index >= 15 is 0 Å². The molecule has 1 aromatic rings. The van der Waals surface area contributed by atoms with Crippen LogP contribution in [-0.2, 0) is 9.59 Å². The van der Waals surface area contributed by atoms with Crippen molar-refractivity contribution in [3.05, 3.63) is 24.0 Å². The van der Waals surface area contributed by atoms with Crippen molar-refractivity contribution in [2.75, 3.05) is 22.1 Å². The number of amides is 1. The predicted octanol–water partition coefficient (Wildman–Crippen LogP) is 2.16. The zero-order chi connectivity index (χ0) is 14.5. The first-order chi connectivity index (χ1) is 9.56. The van der Waals surface area contributed by atoms with Gasteiger partial charge in [-0.15, -0.1) is 11.8 Å². The Morgan fingerprint density at radius 3 is 2.75 bits per heavy atom. The van der Waals surface area contributed by atoms with Crippen LogP contribution in [0, 0.1) is 5.82 Å². The Morgan fingerprint density at radius 1 is 1.35 bits per heavy atom. The summed E-state index contributed by atoms with van der Waals surface area (Å²) in [4.78, 5) is 22.0. The van der Waals surface area contributed by atoms with E-state index in [-0.39, 0.29) is 17.2 Å². The van der Waals surface area contributed by atoms with Crippen LogP contribution in [0.1, 0.15) is 12.8 Å². The van der Waals surface area contributed by atoms with Gasteiger partial charge in [0.25, 0.3) is 0 Å². The van der Waals surface area contributed by atoms with Gasteiger partial charge in [-0.2, -0.15) is 0 Å². The van der Waals surface area contributed by atoms with Gasteiger partial charge in [-0.25, -0.2) is 4.39 Å². The highest BCUT2D eigenvalue weighted by Gasteiger charge is 2.23. The molecule has 0 radical (unpaired) electrons. The maximum absolute atomic E-state index is 13.8. The zero-order valence-corrected chi connectivity index (χ0v) is 11.5. The topological polar surface area (TPSA) is 78.4 Å². The number of halogens is 1. The Bertz CT molecular complexity index is 520. The third-order valence-electron chi connectivity index (χ3n) is 2.67. The van der Waals surface area contributed by atoms with Gasteiger partial charge >= 0.3 is 5.97 Å². The fraction of sp³-hybridized carbons (Fsp3) is 0.385. The van der Waals surface area contributed by atoms with Crippen LogP contribution in [0.15, 0.2) is 18.2 Å². The third-order valence-corrected chi connectivity index (χ3v) is 3.59. The summed E-state index contributed by atoms with van der Waals surface area (Å²) in [6.07, 6.45) is 2.08. The zero-order valence-electron chi connectivity index (χ0n) is 10.7. The van der Waals surface area contributed by atoms with Gasteiger partial charge < -0.3 is 15.7 Å². The number of carbonyl (C=O) groups excluding carboxylic acids is 1. The molecule has 5 nitrogen and oxygen atoms in total. The molecule has 1 aromatic carbocycles. The summed E-state index contributed by atoms with van der Waals surface area (Å²) in [5.41, 5.74) is 0.685. The predicted molar refractivity (Wildman–Crippen MR) is 76.6 cm³/mol. The average molecular weight is 298 g/mol. The van der Waals surface area contributed by atoms with Crippen LogP contribution < -0.4 is 10.6 Å². The van der Waals surface area contributed by atoms with Crippen LogP contribution in [0.25, 0.3) is 0 Å². The molecule has 3 N–H and O–H groups in total. The summed E-state index contributed by atoms with van der Waals surface area (Å²) in [7, 11) is 0. The quantitative estimate of drug-likeness (QED) is 0.719. The van der Waals surface area contributed by atoms with E-state index in [0.29, 0.717) is 11.7 Å². The minimum atomic E-state index is -0.982. The molecule has 20 heavy (non-hydrogen) atoms. The van der Waals surface area contributed by atoms with Crippen LogP contribution in [-0.4, -0.2) is 34.5 Å². The van der Waals surface area contributed by atoms with E-state index in [9.17, 15) is 14.0 Å². The lowest BCUT2D eigenvalue weighted by Gasteiger charge is -2.13. The number of carboxylic acids is 1. The second-order valence-corrected chi connectivity index (χ2v) is 5.50. The molecule has 2 rings (SSSR count). The van der Waals surface area contributed by atoms with Crippen molar-refractivity contribution in [3.8, 4) is 0 Å². The number of aliphatic carboxylic acids is 1. The molecule has 1 aliphatic carbocycles. The van der Waals surface area contributed by atoms with Crippen LogP contribution in [0.3, 0.4) is 0 Å². The maximum atomic E-state index is 13.8. The highest BCUT2D eigenvalue weighted by atomic mass is 32.2. The fourth-order valence-corrected chi connectivity index (χ4v) is 2.16. The lowest BCUT2D eigenvalue weighted by atomic mass is 10.2. The van der Waals surface area contributed by atoms with Crippen molar-refractivity contribution in [2.24, 2.45) is 0 Å². The van der Waals surface area contributed by atoms with Crippen molar-refractivity contribution in [3.63, 3.8) is 0 Å². The molecule has 1 amide bonds. The number of benzene rings is 1. The number of hydrogen-bond donors (Lipinski definition) is 3. The van der Waals surface area contributed by atoms with E-state index < -0.39 is 17.7 Å². The van der Waals surface area contributed by atoms with Gasteiger partial charge in [0.2, 0.25) is 5.91 Å². The maximum Gasteiger partial charge on any atom is 0.313 e. The Labute approximate surface area is 119 Å². The molecular weight excluding hydrogens is 283 g/mol. The monoisotopic (exact) mass is 298 g/mol. The number of carbonyl (C=O) groups is 2. The van der Waals surface area contributed by atoms with Gasteiger partial charge in [-0.05, 0) is 25.0 Å². The van der Waals surface area contributed by atoms with Crippen LogP contribution in [0.4, 0.5) is 15.8 Å². The highest BCUT2D eigenvalue weighted by molar-refractivity contribution is 8.00. The summed E-state index contributed by atoms with van der Waals surface area (Å²) < 4.78 is 13.8. The standard InChI is InChI=1S/C13H15FN2O3S/c14-9-2-1-3-10(15-8-4-5-8)13(9)16-11(17)6-20-7-12(18)19/h1-3,8,15H,4-7H2,(H,16,17)(H,18,19). The fourth-order valence-electron chi connectivity index (χ4n) is 1.63. The summed E-state index contributed by atoms with van der Waals surface area (Å²) in [5, 5.41) is 14.1. The Morgan fingerprint density at radius 2 is 2.10 bits per heavy atom. The van der Waals surface area contributed by atoms with E-state index in [1.807, 2.05) is 0 Å². The molecule has 0 saturated heterocycles. The highest BCUT2D eigenvalue weighted by Crippen LogP contribution is 2.31. The average Bonchev–Trinajstić information content (AvgIpc) is 3.17. The van der Waals surface area contributed by atoms with E-state index in [4.69, 9.17) is 5.11 Å². The second kappa shape index (κ2) is 6.60. The molecule has 1 fully saturated rings.